The predicted octanol–water partition coefficient (Wildman–Crippen LogP) is 9.40. The van der Waals surface area contributed by atoms with Crippen LogP contribution in [0.5, 0.6) is 0 Å². The van der Waals surface area contributed by atoms with Gasteiger partial charge in [0.1, 0.15) is 0 Å². The zero-order valence-electron chi connectivity index (χ0n) is 32.6. The van der Waals surface area contributed by atoms with Crippen molar-refractivity contribution in [3.8, 4) is 22.5 Å². The highest BCUT2D eigenvalue weighted by molar-refractivity contribution is 9.10. The molecule has 2 fully saturated rings. The number of aryl methyl sites for hydroxylation is 3. The summed E-state index contributed by atoms with van der Waals surface area (Å²) in [6.45, 7) is 12.7. The molecule has 8 rings (SSSR count). The van der Waals surface area contributed by atoms with Gasteiger partial charge < -0.3 is 9.80 Å². The quantitative estimate of drug-likeness (QED) is 0.149. The van der Waals surface area contributed by atoms with E-state index in [-0.39, 0.29) is 0 Å². The molecule has 4 aromatic carbocycles. The number of piperazine rings is 2. The maximum Gasteiger partial charge on any atom is 0.244 e. The summed E-state index contributed by atoms with van der Waals surface area (Å²) in [6, 6.07) is 26.6. The van der Waals surface area contributed by atoms with Crippen LogP contribution < -0.4 is 9.80 Å². The first-order valence-corrected chi connectivity index (χ1v) is 25.0. The maximum atomic E-state index is 13.0. The van der Waals surface area contributed by atoms with Gasteiger partial charge in [-0.05, 0) is 107 Å². The third-order valence-corrected chi connectivity index (χ3v) is 18.1. The van der Waals surface area contributed by atoms with Gasteiger partial charge in [-0.2, -0.15) is 8.61 Å². The Bertz CT molecular complexity index is 2500. The Morgan fingerprint density at radius 3 is 1.48 bits per heavy atom. The molecule has 0 spiro atoms. The lowest BCUT2D eigenvalue weighted by Crippen LogP contribution is -2.48. The Balaban J connectivity index is 0.000000177. The van der Waals surface area contributed by atoms with Gasteiger partial charge in [-0.3, -0.25) is 0 Å². The fourth-order valence-electron chi connectivity index (χ4n) is 6.93. The Morgan fingerprint density at radius 2 is 1.00 bits per heavy atom. The molecule has 2 aliphatic rings. The molecule has 0 atom stereocenters. The fourth-order valence-corrected chi connectivity index (χ4v) is 13.5. The number of aromatic nitrogens is 2. The highest BCUT2D eigenvalue weighted by Gasteiger charge is 2.32. The molecule has 2 saturated heterocycles. The van der Waals surface area contributed by atoms with Crippen LogP contribution >= 0.6 is 54.5 Å². The molecule has 0 radical (unpaired) electrons. The van der Waals surface area contributed by atoms with Gasteiger partial charge in [0.05, 0.1) is 21.2 Å². The summed E-state index contributed by atoms with van der Waals surface area (Å²) >= 11 is 9.94. The Kier molecular flexibility index (Phi) is 13.2. The van der Waals surface area contributed by atoms with Gasteiger partial charge >= 0.3 is 0 Å². The number of nitrogens with zero attached hydrogens (tertiary/aromatic N) is 6. The smallest absolute Gasteiger partial charge is 0.244 e. The van der Waals surface area contributed by atoms with E-state index in [1.165, 1.54) is 22.3 Å². The lowest BCUT2D eigenvalue weighted by Gasteiger charge is -2.34. The summed E-state index contributed by atoms with van der Waals surface area (Å²) in [6.07, 6.45) is 0. The minimum Gasteiger partial charge on any atom is -0.345 e. The Labute approximate surface area is 366 Å². The first kappa shape index (κ1) is 42.6. The van der Waals surface area contributed by atoms with E-state index >= 15 is 0 Å². The Morgan fingerprint density at radius 1 is 0.534 bits per heavy atom. The number of hydrogen-bond donors (Lipinski definition) is 0. The molecule has 58 heavy (non-hydrogen) atoms. The topological polar surface area (TPSA) is 107 Å². The van der Waals surface area contributed by atoms with E-state index in [9.17, 15) is 16.8 Å². The summed E-state index contributed by atoms with van der Waals surface area (Å²) in [5, 5.41) is 6.06. The van der Waals surface area contributed by atoms with E-state index in [1.54, 1.807) is 67.7 Å². The SMILES string of the molecule is Cc1ccc(C)c(-c2csc(N3CCN(S(=O)(=O)c4ccccc4Br)CC3)n2)c1.Cc1cccc(-c2csc(N3CCN(S(=O)(=O)c4ccccc4Br)CC3)n2)c1C. The second kappa shape index (κ2) is 18.0. The Hall–Kier alpha value is -3.48. The lowest BCUT2D eigenvalue weighted by atomic mass is 10.0. The van der Waals surface area contributed by atoms with Crippen molar-refractivity contribution in [1.29, 1.82) is 0 Å². The van der Waals surface area contributed by atoms with E-state index < -0.39 is 20.0 Å². The number of benzene rings is 4. The average Bonchev–Trinajstić information content (AvgIpc) is 3.92. The number of rotatable bonds is 8. The van der Waals surface area contributed by atoms with Crippen molar-refractivity contribution in [2.45, 2.75) is 37.5 Å². The van der Waals surface area contributed by atoms with Crippen molar-refractivity contribution in [2.75, 3.05) is 62.2 Å². The minimum absolute atomic E-state index is 0.319. The summed E-state index contributed by atoms with van der Waals surface area (Å²) in [7, 11) is -7.01. The number of halogens is 2. The number of hydrogen-bond acceptors (Lipinski definition) is 10. The third kappa shape index (κ3) is 9.14. The molecule has 0 N–H and O–H groups in total. The fraction of sp³-hybridized carbons (Fsp3) is 0.286. The van der Waals surface area contributed by atoms with Gasteiger partial charge in [0, 0.05) is 83.2 Å². The van der Waals surface area contributed by atoms with Gasteiger partial charge in [-0.15, -0.1) is 22.7 Å². The number of anilines is 2. The van der Waals surface area contributed by atoms with Crippen LogP contribution in [0.3, 0.4) is 0 Å². The first-order valence-electron chi connectivity index (χ1n) is 18.8. The molecule has 6 aromatic rings. The second-order valence-corrected chi connectivity index (χ2v) is 21.4. The van der Waals surface area contributed by atoms with Crippen molar-refractivity contribution in [3.05, 3.63) is 127 Å². The van der Waals surface area contributed by atoms with Crippen molar-refractivity contribution < 1.29 is 16.8 Å². The van der Waals surface area contributed by atoms with Crippen LogP contribution in [-0.4, -0.2) is 87.8 Å². The van der Waals surface area contributed by atoms with E-state index in [1.807, 2.05) is 12.1 Å². The second-order valence-electron chi connectivity index (χ2n) is 14.2. The van der Waals surface area contributed by atoms with Crippen molar-refractivity contribution in [3.63, 3.8) is 0 Å². The molecule has 2 aliphatic heterocycles. The van der Waals surface area contributed by atoms with Crippen molar-refractivity contribution >= 4 is 84.8 Å². The highest BCUT2D eigenvalue weighted by Crippen LogP contribution is 2.34. The lowest BCUT2D eigenvalue weighted by molar-refractivity contribution is 0.384. The highest BCUT2D eigenvalue weighted by atomic mass is 79.9. The number of sulfonamides is 2. The van der Waals surface area contributed by atoms with Crippen LogP contribution in [0.25, 0.3) is 22.5 Å². The van der Waals surface area contributed by atoms with Crippen molar-refractivity contribution in [1.82, 2.24) is 18.6 Å². The standard InChI is InChI=1S/2C21H22BrN3O2S2/c1-15-6-5-7-17(16(15)2)19-14-28-21(23-19)24-10-12-25(13-11-24)29(26,27)20-9-4-3-8-18(20)22;1-15-7-8-16(2)17(13-15)19-14-28-21(23-19)24-9-11-25(12-10-24)29(26,27)20-6-4-3-5-18(20)22/h3-9,14H,10-13H2,1-2H3;3-8,13-14H,9-12H2,1-2H3. The molecular weight excluding hydrogens is 941 g/mol. The zero-order valence-corrected chi connectivity index (χ0v) is 39.0. The molecule has 0 amide bonds. The van der Waals surface area contributed by atoms with Crippen LogP contribution in [-0.2, 0) is 20.0 Å². The average molecular weight is 985 g/mol. The van der Waals surface area contributed by atoms with Gasteiger partial charge in [0.15, 0.2) is 10.3 Å². The molecule has 0 aliphatic carbocycles. The zero-order chi connectivity index (χ0) is 41.2. The summed E-state index contributed by atoms with van der Waals surface area (Å²) < 4.78 is 56.2. The molecule has 0 bridgehead atoms. The largest absolute Gasteiger partial charge is 0.345 e. The van der Waals surface area contributed by atoms with Gasteiger partial charge in [-0.1, -0.05) is 60.2 Å². The molecule has 304 valence electrons. The van der Waals surface area contributed by atoms with Gasteiger partial charge in [0.2, 0.25) is 20.0 Å². The van der Waals surface area contributed by atoms with Gasteiger partial charge in [0.25, 0.3) is 0 Å². The predicted molar refractivity (Wildman–Crippen MR) is 244 cm³/mol. The monoisotopic (exact) mass is 982 g/mol. The van der Waals surface area contributed by atoms with Crippen LogP contribution in [0, 0.1) is 27.7 Å². The normalized spacial score (nSPS) is 15.6. The van der Waals surface area contributed by atoms with E-state index in [0.717, 1.165) is 32.8 Å². The van der Waals surface area contributed by atoms with Gasteiger partial charge in [-0.25, -0.2) is 26.8 Å². The summed E-state index contributed by atoms with van der Waals surface area (Å²) in [5.74, 6) is 0. The van der Waals surface area contributed by atoms with E-state index in [0.29, 0.717) is 71.1 Å². The van der Waals surface area contributed by atoms with E-state index in [4.69, 9.17) is 9.97 Å². The maximum absolute atomic E-state index is 13.0. The summed E-state index contributed by atoms with van der Waals surface area (Å²) in [5.41, 5.74) is 9.19. The molecule has 0 unspecified atom stereocenters. The minimum atomic E-state index is -3.50. The molecule has 2 aromatic heterocycles. The first-order chi connectivity index (χ1) is 27.7. The molecule has 16 heteroatoms. The molecule has 10 nitrogen and oxygen atoms in total. The van der Waals surface area contributed by atoms with Crippen LogP contribution in [0.2, 0.25) is 0 Å². The molecule has 4 heterocycles. The van der Waals surface area contributed by atoms with Crippen molar-refractivity contribution in [2.24, 2.45) is 0 Å². The van der Waals surface area contributed by atoms with Crippen LogP contribution in [0.4, 0.5) is 10.3 Å². The van der Waals surface area contributed by atoms with Crippen LogP contribution in [0.1, 0.15) is 22.3 Å². The number of thiazole rings is 2. The molecule has 0 saturated carbocycles. The van der Waals surface area contributed by atoms with E-state index in [2.05, 4.69) is 117 Å². The summed E-state index contributed by atoms with van der Waals surface area (Å²) in [4.78, 5) is 14.7. The third-order valence-electron chi connectivity index (χ3n) is 10.5. The van der Waals surface area contributed by atoms with Crippen LogP contribution in [0.15, 0.2) is 114 Å². The molecular formula is C42H44Br2N6O4S4.